The first-order valence-corrected chi connectivity index (χ1v) is 6.97. The van der Waals surface area contributed by atoms with Gasteiger partial charge in [0.2, 0.25) is 0 Å². The molecule has 0 N–H and O–H groups in total. The number of rotatable bonds is 2. The molecule has 1 atom stereocenters. The van der Waals surface area contributed by atoms with Gasteiger partial charge in [-0.05, 0) is 43.3 Å². The van der Waals surface area contributed by atoms with Crippen LogP contribution in [-0.2, 0) is 10.8 Å². The summed E-state index contributed by atoms with van der Waals surface area (Å²) in [5, 5.41) is 0.836. The first-order chi connectivity index (χ1) is 9.16. The van der Waals surface area contributed by atoms with Crippen molar-refractivity contribution < 1.29 is 13.0 Å². The molecule has 1 unspecified atom stereocenters. The SMILES string of the molecule is Cc1oc2ccccc2c1S(=O)c1ccc(F)cc1. The van der Waals surface area contributed by atoms with Crippen LogP contribution in [0.25, 0.3) is 11.0 Å². The molecule has 4 heteroatoms. The van der Waals surface area contributed by atoms with E-state index < -0.39 is 10.8 Å². The number of hydrogen-bond acceptors (Lipinski definition) is 2. The monoisotopic (exact) mass is 274 g/mol. The van der Waals surface area contributed by atoms with Crippen LogP contribution in [0.1, 0.15) is 5.76 Å². The van der Waals surface area contributed by atoms with E-state index in [0.29, 0.717) is 21.1 Å². The highest BCUT2D eigenvalue weighted by atomic mass is 32.2. The number of hydrogen-bond donors (Lipinski definition) is 0. The smallest absolute Gasteiger partial charge is 0.135 e. The summed E-state index contributed by atoms with van der Waals surface area (Å²) in [4.78, 5) is 1.22. The summed E-state index contributed by atoms with van der Waals surface area (Å²) >= 11 is 0. The van der Waals surface area contributed by atoms with Gasteiger partial charge in [-0.1, -0.05) is 12.1 Å². The summed E-state index contributed by atoms with van der Waals surface area (Å²) in [6.45, 7) is 1.79. The average Bonchev–Trinajstić information content (AvgIpc) is 2.74. The number of para-hydroxylation sites is 1. The van der Waals surface area contributed by atoms with Gasteiger partial charge in [0.05, 0.1) is 15.7 Å². The van der Waals surface area contributed by atoms with Crippen molar-refractivity contribution in [2.24, 2.45) is 0 Å². The third kappa shape index (κ3) is 2.08. The van der Waals surface area contributed by atoms with E-state index in [4.69, 9.17) is 4.42 Å². The molecule has 2 nitrogen and oxygen atoms in total. The number of benzene rings is 2. The van der Waals surface area contributed by atoms with Crippen LogP contribution in [0.3, 0.4) is 0 Å². The quantitative estimate of drug-likeness (QED) is 0.705. The minimum atomic E-state index is -1.37. The van der Waals surface area contributed by atoms with Gasteiger partial charge < -0.3 is 4.42 Å². The molecule has 0 aliphatic carbocycles. The molecule has 0 saturated heterocycles. The van der Waals surface area contributed by atoms with Crippen LogP contribution in [-0.4, -0.2) is 4.21 Å². The number of fused-ring (bicyclic) bond motifs is 1. The zero-order chi connectivity index (χ0) is 13.4. The number of furan rings is 1. The molecule has 3 aromatic rings. The average molecular weight is 274 g/mol. The maximum Gasteiger partial charge on any atom is 0.135 e. The molecular formula is C15H11FO2S. The van der Waals surface area contributed by atoms with Crippen LogP contribution in [0.5, 0.6) is 0 Å². The van der Waals surface area contributed by atoms with Crippen LogP contribution < -0.4 is 0 Å². The third-order valence-electron chi connectivity index (χ3n) is 2.93. The lowest BCUT2D eigenvalue weighted by molar-refractivity contribution is 0.566. The second-order valence-electron chi connectivity index (χ2n) is 4.21. The van der Waals surface area contributed by atoms with Crippen LogP contribution in [0.4, 0.5) is 4.39 Å². The van der Waals surface area contributed by atoms with E-state index in [2.05, 4.69) is 0 Å². The van der Waals surface area contributed by atoms with Crippen molar-refractivity contribution in [2.45, 2.75) is 16.7 Å². The van der Waals surface area contributed by atoms with Crippen molar-refractivity contribution in [1.82, 2.24) is 0 Å². The fraction of sp³-hybridized carbons (Fsp3) is 0.0667. The van der Waals surface area contributed by atoms with Crippen LogP contribution >= 0.6 is 0 Å². The Kier molecular flexibility index (Phi) is 2.95. The van der Waals surface area contributed by atoms with Crippen molar-refractivity contribution in [3.8, 4) is 0 Å². The van der Waals surface area contributed by atoms with Gasteiger partial charge >= 0.3 is 0 Å². The molecule has 1 heterocycles. The summed E-state index contributed by atoms with van der Waals surface area (Å²) in [5.74, 6) is 0.290. The normalized spacial score (nSPS) is 12.7. The maximum atomic E-state index is 12.9. The van der Waals surface area contributed by atoms with Crippen LogP contribution in [0, 0.1) is 12.7 Å². The fourth-order valence-electron chi connectivity index (χ4n) is 2.05. The van der Waals surface area contributed by atoms with E-state index in [-0.39, 0.29) is 5.82 Å². The number of aryl methyl sites for hydroxylation is 1. The van der Waals surface area contributed by atoms with Gasteiger partial charge in [0.1, 0.15) is 17.2 Å². The van der Waals surface area contributed by atoms with Crippen LogP contribution in [0.2, 0.25) is 0 Å². The van der Waals surface area contributed by atoms with E-state index >= 15 is 0 Å². The van der Waals surface area contributed by atoms with Crippen molar-refractivity contribution in [3.63, 3.8) is 0 Å². The topological polar surface area (TPSA) is 30.2 Å². The molecule has 19 heavy (non-hydrogen) atoms. The largest absolute Gasteiger partial charge is 0.460 e. The van der Waals surface area contributed by atoms with E-state index in [0.717, 1.165) is 5.39 Å². The van der Waals surface area contributed by atoms with Crippen molar-refractivity contribution in [3.05, 3.63) is 60.1 Å². The molecule has 0 saturated carbocycles. The Morgan fingerprint density at radius 3 is 2.47 bits per heavy atom. The van der Waals surface area contributed by atoms with Gasteiger partial charge in [0.15, 0.2) is 0 Å². The Labute approximate surface area is 112 Å². The predicted octanol–water partition coefficient (Wildman–Crippen LogP) is 4.05. The van der Waals surface area contributed by atoms with Gasteiger partial charge in [-0.3, -0.25) is 0 Å². The van der Waals surface area contributed by atoms with Crippen molar-refractivity contribution in [1.29, 1.82) is 0 Å². The maximum absolute atomic E-state index is 12.9. The highest BCUT2D eigenvalue weighted by Crippen LogP contribution is 2.30. The Balaban J connectivity index is 2.16. The Hall–Kier alpha value is -1.94. The standard InChI is InChI=1S/C15H11FO2S/c1-10-15(13-4-2-3-5-14(13)18-10)19(17)12-8-6-11(16)7-9-12/h2-9H,1H3. The van der Waals surface area contributed by atoms with Gasteiger partial charge in [0.25, 0.3) is 0 Å². The fourth-order valence-corrected chi connectivity index (χ4v) is 3.34. The molecule has 0 amide bonds. The summed E-state index contributed by atoms with van der Waals surface area (Å²) in [5.41, 5.74) is 0.713. The minimum Gasteiger partial charge on any atom is -0.460 e. The highest BCUT2D eigenvalue weighted by Gasteiger charge is 2.18. The molecule has 2 aromatic carbocycles. The van der Waals surface area contributed by atoms with Crippen LogP contribution in [0.15, 0.2) is 62.7 Å². The Morgan fingerprint density at radius 1 is 1.05 bits per heavy atom. The second-order valence-corrected chi connectivity index (χ2v) is 5.62. The molecule has 0 aliphatic heterocycles. The third-order valence-corrected chi connectivity index (χ3v) is 4.51. The van der Waals surface area contributed by atoms with E-state index in [1.54, 1.807) is 6.92 Å². The van der Waals surface area contributed by atoms with Crippen molar-refractivity contribution in [2.75, 3.05) is 0 Å². The lowest BCUT2D eigenvalue weighted by Crippen LogP contribution is -1.93. The molecule has 0 aliphatic rings. The van der Waals surface area contributed by atoms with E-state index in [1.807, 2.05) is 24.3 Å². The molecule has 0 radical (unpaired) electrons. The summed E-state index contributed by atoms with van der Waals surface area (Å²) in [7, 11) is -1.37. The van der Waals surface area contributed by atoms with Gasteiger partial charge in [-0.2, -0.15) is 0 Å². The van der Waals surface area contributed by atoms with Crippen molar-refractivity contribution >= 4 is 21.8 Å². The summed E-state index contributed by atoms with van der Waals surface area (Å²) < 4.78 is 31.1. The van der Waals surface area contributed by atoms with Gasteiger partial charge in [-0.25, -0.2) is 8.60 Å². The van der Waals surface area contributed by atoms with E-state index in [1.165, 1.54) is 24.3 Å². The molecule has 0 bridgehead atoms. The summed E-state index contributed by atoms with van der Waals surface area (Å²) in [6, 6.07) is 13.2. The lowest BCUT2D eigenvalue weighted by Gasteiger charge is -2.01. The van der Waals surface area contributed by atoms with Gasteiger partial charge in [0, 0.05) is 10.3 Å². The lowest BCUT2D eigenvalue weighted by atomic mass is 10.2. The molecule has 3 rings (SSSR count). The first-order valence-electron chi connectivity index (χ1n) is 5.82. The Bertz CT molecular complexity index is 759. The summed E-state index contributed by atoms with van der Waals surface area (Å²) in [6.07, 6.45) is 0. The number of halogens is 1. The predicted molar refractivity (Wildman–Crippen MR) is 72.0 cm³/mol. The molecular weight excluding hydrogens is 263 g/mol. The Morgan fingerprint density at radius 2 is 1.74 bits per heavy atom. The first kappa shape index (κ1) is 12.1. The zero-order valence-electron chi connectivity index (χ0n) is 10.2. The minimum absolute atomic E-state index is 0.338. The van der Waals surface area contributed by atoms with Gasteiger partial charge in [-0.15, -0.1) is 0 Å². The molecule has 0 fully saturated rings. The van der Waals surface area contributed by atoms with E-state index in [9.17, 15) is 8.60 Å². The second kappa shape index (κ2) is 4.63. The molecule has 1 aromatic heterocycles. The zero-order valence-corrected chi connectivity index (χ0v) is 11.0. The highest BCUT2D eigenvalue weighted by molar-refractivity contribution is 7.85. The molecule has 96 valence electrons. The molecule has 0 spiro atoms.